The Morgan fingerprint density at radius 2 is 2.08 bits per heavy atom. The van der Waals surface area contributed by atoms with Crippen molar-refractivity contribution in [3.8, 4) is 0 Å². The minimum atomic E-state index is 0. The van der Waals surface area contributed by atoms with Gasteiger partial charge in [-0.2, -0.15) is 0 Å². The molecule has 0 bridgehead atoms. The van der Waals surface area contributed by atoms with E-state index in [1.54, 1.807) is 0 Å². The molecule has 2 heterocycles. The van der Waals surface area contributed by atoms with Crippen molar-refractivity contribution in [1.82, 2.24) is 10.2 Å². The molecular formula is C8H15ClN2O. The fourth-order valence-electron chi connectivity index (χ4n) is 1.71. The van der Waals surface area contributed by atoms with E-state index >= 15 is 0 Å². The lowest BCUT2D eigenvalue weighted by Gasteiger charge is -2.40. The second kappa shape index (κ2) is 4.10. The van der Waals surface area contributed by atoms with Crippen LogP contribution in [-0.4, -0.2) is 36.5 Å². The van der Waals surface area contributed by atoms with Crippen molar-refractivity contribution in [2.45, 2.75) is 25.3 Å². The quantitative estimate of drug-likeness (QED) is 0.649. The molecule has 0 aromatic heterocycles. The Hall–Kier alpha value is -0.280. The van der Waals surface area contributed by atoms with Crippen molar-refractivity contribution < 1.29 is 4.79 Å². The minimum Gasteiger partial charge on any atom is -0.337 e. The van der Waals surface area contributed by atoms with Crippen LogP contribution in [0.1, 0.15) is 19.3 Å². The summed E-state index contributed by atoms with van der Waals surface area (Å²) in [6, 6.07) is 0.516. The maximum absolute atomic E-state index is 11.3. The maximum atomic E-state index is 11.3. The minimum absolute atomic E-state index is 0. The van der Waals surface area contributed by atoms with E-state index in [2.05, 4.69) is 5.32 Å². The summed E-state index contributed by atoms with van der Waals surface area (Å²) in [5, 5.41) is 3.19. The van der Waals surface area contributed by atoms with Crippen molar-refractivity contribution in [3.05, 3.63) is 0 Å². The monoisotopic (exact) mass is 190 g/mol. The fraction of sp³-hybridized carbons (Fsp3) is 0.875. The third-order valence-electron chi connectivity index (χ3n) is 2.56. The molecule has 2 saturated heterocycles. The first-order valence-corrected chi connectivity index (χ1v) is 4.38. The summed E-state index contributed by atoms with van der Waals surface area (Å²) >= 11 is 0. The van der Waals surface area contributed by atoms with E-state index in [9.17, 15) is 4.79 Å². The Bertz CT molecular complexity index is 170. The van der Waals surface area contributed by atoms with E-state index in [1.165, 1.54) is 6.42 Å². The maximum Gasteiger partial charge on any atom is 0.222 e. The number of carbonyl (C=O) groups excluding carboxylic acids is 1. The molecule has 4 heteroatoms. The highest BCUT2D eigenvalue weighted by atomic mass is 35.5. The van der Waals surface area contributed by atoms with Crippen molar-refractivity contribution >= 4 is 18.3 Å². The number of carbonyl (C=O) groups is 1. The van der Waals surface area contributed by atoms with E-state index in [0.29, 0.717) is 11.9 Å². The van der Waals surface area contributed by atoms with Crippen LogP contribution in [0.4, 0.5) is 0 Å². The largest absolute Gasteiger partial charge is 0.337 e. The van der Waals surface area contributed by atoms with Gasteiger partial charge in [-0.05, 0) is 12.8 Å². The third kappa shape index (κ3) is 1.72. The fourth-order valence-corrected chi connectivity index (χ4v) is 1.71. The van der Waals surface area contributed by atoms with Crippen LogP contribution < -0.4 is 5.32 Å². The van der Waals surface area contributed by atoms with Gasteiger partial charge in [0.1, 0.15) is 0 Å². The number of halogens is 1. The number of likely N-dealkylation sites (tertiary alicyclic amines) is 1. The average molecular weight is 191 g/mol. The van der Waals surface area contributed by atoms with Crippen LogP contribution in [0.25, 0.3) is 0 Å². The molecule has 0 aromatic rings. The topological polar surface area (TPSA) is 32.3 Å². The number of nitrogens with one attached hydrogen (secondary N) is 1. The lowest BCUT2D eigenvalue weighted by Crippen LogP contribution is -2.59. The Kier molecular flexibility index (Phi) is 3.35. The molecule has 70 valence electrons. The molecule has 0 aromatic carbocycles. The molecule has 0 unspecified atom stereocenters. The zero-order valence-electron chi connectivity index (χ0n) is 7.08. The van der Waals surface area contributed by atoms with E-state index in [1.807, 2.05) is 4.90 Å². The summed E-state index contributed by atoms with van der Waals surface area (Å²) in [7, 11) is 0. The molecule has 0 atom stereocenters. The SMILES string of the molecule is Cl.O=C1CCCCN1C1CNC1. The van der Waals surface area contributed by atoms with Gasteiger partial charge in [0.15, 0.2) is 0 Å². The van der Waals surface area contributed by atoms with Gasteiger partial charge >= 0.3 is 0 Å². The lowest BCUT2D eigenvalue weighted by atomic mass is 10.0. The molecule has 1 N–H and O–H groups in total. The molecule has 3 nitrogen and oxygen atoms in total. The second-order valence-electron chi connectivity index (χ2n) is 3.36. The Balaban J connectivity index is 0.000000720. The normalized spacial score (nSPS) is 24.7. The van der Waals surface area contributed by atoms with Gasteiger partial charge in [-0.3, -0.25) is 4.79 Å². The molecular weight excluding hydrogens is 176 g/mol. The van der Waals surface area contributed by atoms with Crippen LogP contribution in [-0.2, 0) is 4.79 Å². The number of rotatable bonds is 1. The van der Waals surface area contributed by atoms with Crippen molar-refractivity contribution in [1.29, 1.82) is 0 Å². The highest BCUT2D eigenvalue weighted by molar-refractivity contribution is 5.85. The van der Waals surface area contributed by atoms with Gasteiger partial charge in [-0.15, -0.1) is 12.4 Å². The summed E-state index contributed by atoms with van der Waals surface area (Å²) in [6.07, 6.45) is 3.06. The first kappa shape index (κ1) is 9.81. The highest BCUT2D eigenvalue weighted by Gasteiger charge is 2.29. The number of hydrogen-bond donors (Lipinski definition) is 1. The summed E-state index contributed by atoms with van der Waals surface area (Å²) in [5.74, 6) is 0.364. The van der Waals surface area contributed by atoms with Crippen LogP contribution in [0.5, 0.6) is 0 Å². The zero-order valence-corrected chi connectivity index (χ0v) is 7.90. The smallest absolute Gasteiger partial charge is 0.222 e. The first-order chi connectivity index (χ1) is 5.38. The van der Waals surface area contributed by atoms with E-state index < -0.39 is 0 Å². The van der Waals surface area contributed by atoms with Crippen molar-refractivity contribution in [3.63, 3.8) is 0 Å². The first-order valence-electron chi connectivity index (χ1n) is 4.38. The van der Waals surface area contributed by atoms with Gasteiger partial charge < -0.3 is 10.2 Å². The predicted molar refractivity (Wildman–Crippen MR) is 49.5 cm³/mol. The number of hydrogen-bond acceptors (Lipinski definition) is 2. The Morgan fingerprint density at radius 1 is 1.33 bits per heavy atom. The van der Waals surface area contributed by atoms with Gasteiger partial charge in [0.05, 0.1) is 6.04 Å². The van der Waals surface area contributed by atoms with E-state index in [-0.39, 0.29) is 12.4 Å². The summed E-state index contributed by atoms with van der Waals surface area (Å²) in [4.78, 5) is 13.4. The van der Waals surface area contributed by atoms with Gasteiger partial charge in [0, 0.05) is 26.1 Å². The molecule has 0 spiro atoms. The third-order valence-corrected chi connectivity index (χ3v) is 2.56. The van der Waals surface area contributed by atoms with Crippen LogP contribution in [0, 0.1) is 0 Å². The summed E-state index contributed by atoms with van der Waals surface area (Å²) < 4.78 is 0. The molecule has 0 aliphatic carbocycles. The summed E-state index contributed by atoms with van der Waals surface area (Å²) in [6.45, 7) is 3.00. The predicted octanol–water partition coefficient (Wildman–Crippen LogP) is 0.392. The Morgan fingerprint density at radius 3 is 2.58 bits per heavy atom. The van der Waals surface area contributed by atoms with Gasteiger partial charge in [0.2, 0.25) is 5.91 Å². The van der Waals surface area contributed by atoms with E-state index in [4.69, 9.17) is 0 Å². The standard InChI is InChI=1S/C8H14N2O.ClH/c11-8-3-1-2-4-10(8)7-5-9-6-7;/h7,9H,1-6H2;1H. The van der Waals surface area contributed by atoms with Crippen molar-refractivity contribution in [2.75, 3.05) is 19.6 Å². The molecule has 2 aliphatic heterocycles. The highest BCUT2D eigenvalue weighted by Crippen LogP contribution is 2.15. The number of piperidine rings is 1. The molecule has 0 radical (unpaired) electrons. The molecule has 2 fully saturated rings. The van der Waals surface area contributed by atoms with Crippen LogP contribution in [0.15, 0.2) is 0 Å². The number of nitrogens with zero attached hydrogens (tertiary/aromatic N) is 1. The van der Waals surface area contributed by atoms with Crippen LogP contribution in [0.3, 0.4) is 0 Å². The van der Waals surface area contributed by atoms with Gasteiger partial charge in [-0.25, -0.2) is 0 Å². The van der Waals surface area contributed by atoms with Gasteiger partial charge in [-0.1, -0.05) is 0 Å². The van der Waals surface area contributed by atoms with Crippen LogP contribution in [0.2, 0.25) is 0 Å². The second-order valence-corrected chi connectivity index (χ2v) is 3.36. The lowest BCUT2D eigenvalue weighted by molar-refractivity contribution is -0.136. The van der Waals surface area contributed by atoms with E-state index in [0.717, 1.165) is 32.5 Å². The molecule has 1 amide bonds. The zero-order chi connectivity index (χ0) is 7.68. The van der Waals surface area contributed by atoms with Gasteiger partial charge in [0.25, 0.3) is 0 Å². The number of amides is 1. The molecule has 12 heavy (non-hydrogen) atoms. The van der Waals surface area contributed by atoms with Crippen LogP contribution >= 0.6 is 12.4 Å². The van der Waals surface area contributed by atoms with Crippen molar-refractivity contribution in [2.24, 2.45) is 0 Å². The molecule has 2 aliphatic rings. The molecule has 0 saturated carbocycles. The molecule has 2 rings (SSSR count). The summed E-state index contributed by atoms with van der Waals surface area (Å²) in [5.41, 5.74) is 0. The average Bonchev–Trinajstić information content (AvgIpc) is 1.90. The Labute approximate surface area is 78.9 Å².